The molecule has 0 aliphatic carbocycles. The summed E-state index contributed by atoms with van der Waals surface area (Å²) in [5.74, 6) is -0.739. The molecule has 0 aromatic heterocycles. The fraction of sp³-hybridized carbons (Fsp3) is 0.156. The SMILES string of the molecule is CCC(=O)OCc1ccccc1.O=C(OCc1ccccc1)c1ccccc1O.O=COCc1ccccc1. The summed E-state index contributed by atoms with van der Waals surface area (Å²) in [6.07, 6.45) is 0.437. The summed E-state index contributed by atoms with van der Waals surface area (Å²) in [4.78, 5) is 32.2. The maximum atomic E-state index is 11.7. The van der Waals surface area contributed by atoms with Crippen LogP contribution in [0.2, 0.25) is 0 Å². The molecule has 4 rings (SSSR count). The fourth-order valence-corrected chi connectivity index (χ4v) is 2.99. The molecule has 0 aliphatic rings. The van der Waals surface area contributed by atoms with Gasteiger partial charge in [0.05, 0.1) is 0 Å². The Morgan fingerprint density at radius 1 is 0.641 bits per heavy atom. The summed E-state index contributed by atoms with van der Waals surface area (Å²) in [7, 11) is 0. The number of carbonyl (C=O) groups is 3. The zero-order chi connectivity index (χ0) is 28.1. The number of phenols is 1. The number of aromatic hydroxyl groups is 1. The molecule has 0 spiro atoms. The van der Waals surface area contributed by atoms with E-state index in [0.29, 0.717) is 26.1 Å². The summed E-state index contributed by atoms with van der Waals surface area (Å²) < 4.78 is 14.6. The van der Waals surface area contributed by atoms with Gasteiger partial charge >= 0.3 is 11.9 Å². The third-order valence-electron chi connectivity index (χ3n) is 5.03. The first-order valence-corrected chi connectivity index (χ1v) is 12.3. The number of hydrogen-bond acceptors (Lipinski definition) is 7. The van der Waals surface area contributed by atoms with Gasteiger partial charge < -0.3 is 19.3 Å². The number of rotatable bonds is 9. The lowest BCUT2D eigenvalue weighted by Gasteiger charge is -2.05. The van der Waals surface area contributed by atoms with Crippen molar-refractivity contribution in [3.05, 3.63) is 138 Å². The van der Waals surface area contributed by atoms with Crippen molar-refractivity contribution in [1.29, 1.82) is 0 Å². The largest absolute Gasteiger partial charge is 0.507 e. The van der Waals surface area contributed by atoms with Crippen LogP contribution in [0, 0.1) is 0 Å². The highest BCUT2D eigenvalue weighted by molar-refractivity contribution is 5.92. The predicted octanol–water partition coefficient (Wildman–Crippen LogP) is 6.25. The van der Waals surface area contributed by atoms with Crippen LogP contribution >= 0.6 is 0 Å². The lowest BCUT2D eigenvalue weighted by Crippen LogP contribution is -2.05. The Balaban J connectivity index is 0.000000214. The minimum absolute atomic E-state index is 0.0643. The number of esters is 2. The van der Waals surface area contributed by atoms with Gasteiger partial charge in [0.1, 0.15) is 31.1 Å². The van der Waals surface area contributed by atoms with Crippen LogP contribution in [-0.2, 0) is 43.6 Å². The number of phenolic OH excluding ortho intramolecular Hbond substituents is 1. The van der Waals surface area contributed by atoms with Gasteiger partial charge in [-0.15, -0.1) is 0 Å². The van der Waals surface area contributed by atoms with Gasteiger partial charge in [0.25, 0.3) is 6.47 Å². The van der Waals surface area contributed by atoms with E-state index in [4.69, 9.17) is 9.47 Å². The molecule has 4 aromatic rings. The molecule has 0 fully saturated rings. The predicted molar refractivity (Wildman–Crippen MR) is 147 cm³/mol. The first-order valence-electron chi connectivity index (χ1n) is 12.3. The van der Waals surface area contributed by atoms with Gasteiger partial charge in [-0.25, -0.2) is 4.79 Å². The maximum absolute atomic E-state index is 11.7. The average Bonchev–Trinajstić information content (AvgIpc) is 3.00. The van der Waals surface area contributed by atoms with Crippen molar-refractivity contribution in [2.75, 3.05) is 0 Å². The summed E-state index contributed by atoms with van der Waals surface area (Å²) in [6.45, 7) is 3.19. The van der Waals surface area contributed by atoms with E-state index in [1.165, 1.54) is 12.1 Å². The lowest BCUT2D eigenvalue weighted by molar-refractivity contribution is -0.144. The van der Waals surface area contributed by atoms with Crippen LogP contribution in [0.5, 0.6) is 5.75 Å². The first-order chi connectivity index (χ1) is 19.0. The Labute approximate surface area is 228 Å². The second-order valence-corrected chi connectivity index (χ2v) is 7.97. The molecule has 202 valence electrons. The van der Waals surface area contributed by atoms with Crippen molar-refractivity contribution in [2.24, 2.45) is 0 Å². The number of para-hydroxylation sites is 1. The highest BCUT2D eigenvalue weighted by Gasteiger charge is 2.11. The van der Waals surface area contributed by atoms with Crippen molar-refractivity contribution < 1.29 is 33.7 Å². The molecular weight excluding hydrogens is 496 g/mol. The van der Waals surface area contributed by atoms with E-state index in [1.807, 2.05) is 91.0 Å². The van der Waals surface area contributed by atoms with E-state index >= 15 is 0 Å². The standard InChI is InChI=1S/C14H12O3.C10H12O2.C8H8O2/c15-13-9-5-4-8-12(13)14(16)17-10-11-6-2-1-3-7-11;1-2-10(11)12-8-9-6-4-3-5-7-9;9-7-10-6-8-4-2-1-3-5-8/h1-9,15H,10H2;3-7H,2,8H2,1H3;1-5,7H,6H2. The van der Waals surface area contributed by atoms with E-state index in [-0.39, 0.29) is 23.9 Å². The van der Waals surface area contributed by atoms with E-state index in [1.54, 1.807) is 19.1 Å². The normalized spacial score (nSPS) is 9.46. The topological polar surface area (TPSA) is 99.1 Å². The smallest absolute Gasteiger partial charge is 0.342 e. The van der Waals surface area contributed by atoms with E-state index in [2.05, 4.69) is 4.74 Å². The van der Waals surface area contributed by atoms with Crippen LogP contribution in [-0.4, -0.2) is 23.5 Å². The summed E-state index contributed by atoms with van der Waals surface area (Å²) in [6, 6.07) is 34.9. The van der Waals surface area contributed by atoms with Crippen molar-refractivity contribution in [1.82, 2.24) is 0 Å². The highest BCUT2D eigenvalue weighted by atomic mass is 16.5. The van der Waals surface area contributed by atoms with Crippen LogP contribution in [0.3, 0.4) is 0 Å². The average molecular weight is 529 g/mol. The second-order valence-electron chi connectivity index (χ2n) is 7.97. The minimum Gasteiger partial charge on any atom is -0.507 e. The number of hydrogen-bond donors (Lipinski definition) is 1. The van der Waals surface area contributed by atoms with E-state index in [0.717, 1.165) is 16.7 Å². The molecular formula is C32H32O7. The van der Waals surface area contributed by atoms with Crippen LogP contribution in [0.1, 0.15) is 40.4 Å². The molecule has 0 bridgehead atoms. The summed E-state index contributed by atoms with van der Waals surface area (Å²) >= 11 is 0. The number of benzene rings is 4. The van der Waals surface area contributed by atoms with E-state index < -0.39 is 5.97 Å². The van der Waals surface area contributed by atoms with Gasteiger partial charge in [0, 0.05) is 6.42 Å². The van der Waals surface area contributed by atoms with Gasteiger partial charge in [0.15, 0.2) is 0 Å². The number of ether oxygens (including phenoxy) is 3. The van der Waals surface area contributed by atoms with Crippen molar-refractivity contribution in [2.45, 2.75) is 33.2 Å². The Kier molecular flexibility index (Phi) is 14.3. The Hall–Kier alpha value is -4.91. The van der Waals surface area contributed by atoms with Crippen molar-refractivity contribution >= 4 is 18.4 Å². The van der Waals surface area contributed by atoms with Crippen molar-refractivity contribution in [3.8, 4) is 5.75 Å². The minimum atomic E-state index is -0.521. The zero-order valence-electron chi connectivity index (χ0n) is 21.8. The summed E-state index contributed by atoms with van der Waals surface area (Å²) in [5, 5.41) is 9.48. The Bertz CT molecular complexity index is 1240. The molecule has 7 nitrogen and oxygen atoms in total. The molecule has 39 heavy (non-hydrogen) atoms. The third kappa shape index (κ3) is 12.7. The molecule has 0 amide bonds. The molecule has 0 atom stereocenters. The molecule has 4 aromatic carbocycles. The van der Waals surface area contributed by atoms with Crippen molar-refractivity contribution in [3.63, 3.8) is 0 Å². The van der Waals surface area contributed by atoms with Gasteiger partial charge in [-0.2, -0.15) is 0 Å². The van der Waals surface area contributed by atoms with Gasteiger partial charge in [-0.3, -0.25) is 9.59 Å². The van der Waals surface area contributed by atoms with Gasteiger partial charge in [-0.1, -0.05) is 110 Å². The lowest BCUT2D eigenvalue weighted by atomic mass is 10.2. The molecule has 0 heterocycles. The third-order valence-corrected chi connectivity index (χ3v) is 5.03. The Morgan fingerprint density at radius 2 is 1.08 bits per heavy atom. The van der Waals surface area contributed by atoms with E-state index in [9.17, 15) is 19.5 Å². The molecule has 0 radical (unpaired) electrons. The monoisotopic (exact) mass is 528 g/mol. The molecule has 1 N–H and O–H groups in total. The van der Waals surface area contributed by atoms with Crippen LogP contribution in [0.4, 0.5) is 0 Å². The van der Waals surface area contributed by atoms with Crippen LogP contribution < -0.4 is 0 Å². The molecule has 0 aliphatic heterocycles. The Morgan fingerprint density at radius 3 is 1.54 bits per heavy atom. The molecule has 0 unspecified atom stereocenters. The fourth-order valence-electron chi connectivity index (χ4n) is 2.99. The quantitative estimate of drug-likeness (QED) is 0.156. The second kappa shape index (κ2) is 18.4. The zero-order valence-corrected chi connectivity index (χ0v) is 21.8. The maximum Gasteiger partial charge on any atom is 0.342 e. The first kappa shape index (κ1) is 30.3. The molecule has 0 saturated heterocycles. The molecule has 7 heteroatoms. The van der Waals surface area contributed by atoms with Crippen LogP contribution in [0.15, 0.2) is 115 Å². The number of carbonyl (C=O) groups excluding carboxylic acids is 3. The van der Waals surface area contributed by atoms with Gasteiger partial charge in [-0.05, 0) is 28.8 Å². The highest BCUT2D eigenvalue weighted by Crippen LogP contribution is 2.17. The molecule has 0 saturated carbocycles. The van der Waals surface area contributed by atoms with Crippen LogP contribution in [0.25, 0.3) is 0 Å². The summed E-state index contributed by atoms with van der Waals surface area (Å²) in [5.41, 5.74) is 3.13. The van der Waals surface area contributed by atoms with Gasteiger partial charge in [0.2, 0.25) is 0 Å².